The van der Waals surface area contributed by atoms with Gasteiger partial charge >= 0.3 is 0 Å². The lowest BCUT2D eigenvalue weighted by Gasteiger charge is -2.18. The molecule has 0 aromatic carbocycles. The summed E-state index contributed by atoms with van der Waals surface area (Å²) in [6.07, 6.45) is 4.65. The fourth-order valence-electron chi connectivity index (χ4n) is 1.66. The molecule has 0 aromatic rings. The number of hydrogen-bond donors (Lipinski definition) is 1. The number of thiocarbonyl (C=S) groups is 1. The van der Waals surface area contributed by atoms with Crippen molar-refractivity contribution in [3.63, 3.8) is 0 Å². The normalized spacial score (nSPS) is 19.1. The van der Waals surface area contributed by atoms with E-state index in [2.05, 4.69) is 16.7 Å². The predicted molar refractivity (Wildman–Crippen MR) is 69.0 cm³/mol. The monoisotopic (exact) mass is 232 g/mol. The minimum absolute atomic E-state index is 0.663. The van der Waals surface area contributed by atoms with Crippen LogP contribution in [0.3, 0.4) is 0 Å². The van der Waals surface area contributed by atoms with Gasteiger partial charge < -0.3 is 10.6 Å². The van der Waals surface area contributed by atoms with Crippen LogP contribution in [0, 0.1) is 0 Å². The van der Waals surface area contributed by atoms with Gasteiger partial charge in [0.15, 0.2) is 0 Å². The summed E-state index contributed by atoms with van der Waals surface area (Å²) in [4.78, 5) is 3.23. The molecular weight excluding hydrogens is 212 g/mol. The molecule has 0 amide bonds. The van der Waals surface area contributed by atoms with Crippen molar-refractivity contribution in [1.29, 1.82) is 0 Å². The van der Waals surface area contributed by atoms with E-state index in [0.29, 0.717) is 4.99 Å². The van der Waals surface area contributed by atoms with E-state index in [1.807, 2.05) is 0 Å². The second-order valence-electron chi connectivity index (χ2n) is 3.73. The molecule has 1 aliphatic heterocycles. The highest BCUT2D eigenvalue weighted by atomic mass is 32.2. The van der Waals surface area contributed by atoms with Crippen molar-refractivity contribution in [2.75, 3.05) is 31.1 Å². The highest BCUT2D eigenvalue weighted by Gasteiger charge is 2.07. The smallest absolute Gasteiger partial charge is 0.0727 e. The molecule has 0 aliphatic carbocycles. The van der Waals surface area contributed by atoms with Crippen molar-refractivity contribution < 1.29 is 0 Å². The summed E-state index contributed by atoms with van der Waals surface area (Å²) in [5.74, 6) is 2.64. The zero-order valence-electron chi connectivity index (χ0n) is 8.71. The summed E-state index contributed by atoms with van der Waals surface area (Å²) in [5.41, 5.74) is 5.45. The van der Waals surface area contributed by atoms with E-state index in [9.17, 15) is 0 Å². The molecule has 2 N–H and O–H groups in total. The molecule has 1 aliphatic rings. The van der Waals surface area contributed by atoms with E-state index in [4.69, 9.17) is 18.0 Å². The van der Waals surface area contributed by atoms with Crippen LogP contribution < -0.4 is 5.73 Å². The van der Waals surface area contributed by atoms with Gasteiger partial charge in [-0.25, -0.2) is 0 Å². The van der Waals surface area contributed by atoms with Crippen LogP contribution in [0.2, 0.25) is 0 Å². The van der Waals surface area contributed by atoms with Crippen LogP contribution in [-0.4, -0.2) is 41.0 Å². The first-order valence-electron chi connectivity index (χ1n) is 5.37. The largest absolute Gasteiger partial charge is 0.393 e. The lowest BCUT2D eigenvalue weighted by Crippen LogP contribution is -2.27. The number of rotatable bonds is 5. The van der Waals surface area contributed by atoms with Crippen LogP contribution >= 0.6 is 24.0 Å². The van der Waals surface area contributed by atoms with Crippen molar-refractivity contribution in [1.82, 2.24) is 4.90 Å². The Kier molecular flexibility index (Phi) is 6.56. The van der Waals surface area contributed by atoms with Gasteiger partial charge in [-0.1, -0.05) is 12.2 Å². The molecule has 0 aromatic heterocycles. The van der Waals surface area contributed by atoms with E-state index >= 15 is 0 Å². The van der Waals surface area contributed by atoms with Crippen molar-refractivity contribution in [3.8, 4) is 0 Å². The zero-order valence-corrected chi connectivity index (χ0v) is 10.3. The second kappa shape index (κ2) is 7.49. The van der Waals surface area contributed by atoms with Gasteiger partial charge in [0.25, 0.3) is 0 Å². The summed E-state index contributed by atoms with van der Waals surface area (Å²) in [5, 5.41) is 0. The van der Waals surface area contributed by atoms with Crippen LogP contribution in [0.4, 0.5) is 0 Å². The highest BCUT2D eigenvalue weighted by molar-refractivity contribution is 7.99. The molecular formula is C10H20N2S2. The van der Waals surface area contributed by atoms with Gasteiger partial charge in [0.1, 0.15) is 0 Å². The first-order valence-corrected chi connectivity index (χ1v) is 6.94. The van der Waals surface area contributed by atoms with E-state index in [-0.39, 0.29) is 0 Å². The lowest BCUT2D eigenvalue weighted by molar-refractivity contribution is 0.290. The van der Waals surface area contributed by atoms with Gasteiger partial charge in [0, 0.05) is 12.3 Å². The maximum Gasteiger partial charge on any atom is 0.0727 e. The van der Waals surface area contributed by atoms with Crippen LogP contribution in [-0.2, 0) is 0 Å². The molecule has 0 saturated carbocycles. The van der Waals surface area contributed by atoms with Crippen LogP contribution in [0.1, 0.15) is 25.7 Å². The summed E-state index contributed by atoms with van der Waals surface area (Å²) < 4.78 is 0. The summed E-state index contributed by atoms with van der Waals surface area (Å²) in [6, 6.07) is 0. The average Bonchev–Trinajstić information content (AvgIpc) is 2.40. The quantitative estimate of drug-likeness (QED) is 0.579. The highest BCUT2D eigenvalue weighted by Crippen LogP contribution is 2.10. The Balaban J connectivity index is 2.01. The topological polar surface area (TPSA) is 29.3 Å². The molecule has 1 saturated heterocycles. The van der Waals surface area contributed by atoms with E-state index in [1.165, 1.54) is 44.0 Å². The first-order chi connectivity index (χ1) is 6.79. The molecule has 1 fully saturated rings. The van der Waals surface area contributed by atoms with Gasteiger partial charge in [0.05, 0.1) is 4.99 Å². The number of nitrogens with two attached hydrogens (primary N) is 1. The molecule has 0 unspecified atom stereocenters. The van der Waals surface area contributed by atoms with Crippen LogP contribution in [0.15, 0.2) is 0 Å². The van der Waals surface area contributed by atoms with Crippen LogP contribution in [0.5, 0.6) is 0 Å². The molecule has 0 radical (unpaired) electrons. The Labute approximate surface area is 96.6 Å². The third kappa shape index (κ3) is 5.83. The number of hydrogen-bond acceptors (Lipinski definition) is 3. The molecule has 0 bridgehead atoms. The number of unbranched alkanes of at least 4 members (excludes halogenated alkanes) is 1. The molecule has 0 spiro atoms. The summed E-state index contributed by atoms with van der Waals surface area (Å²) in [7, 11) is 0. The van der Waals surface area contributed by atoms with Gasteiger partial charge in [0.2, 0.25) is 0 Å². The summed E-state index contributed by atoms with van der Waals surface area (Å²) in [6.45, 7) is 3.76. The SMILES string of the molecule is NC(=S)CCCCN1CCCSCC1. The Morgan fingerprint density at radius 3 is 2.93 bits per heavy atom. The van der Waals surface area contributed by atoms with Crippen molar-refractivity contribution in [3.05, 3.63) is 0 Å². The third-order valence-corrected chi connectivity index (χ3v) is 3.72. The van der Waals surface area contributed by atoms with Gasteiger partial charge in [-0.15, -0.1) is 0 Å². The Hall–Kier alpha value is 0.200. The van der Waals surface area contributed by atoms with E-state index in [1.54, 1.807) is 0 Å². The molecule has 2 nitrogen and oxygen atoms in total. The first kappa shape index (κ1) is 12.3. The minimum atomic E-state index is 0.663. The van der Waals surface area contributed by atoms with Gasteiger partial charge in [-0.3, -0.25) is 0 Å². The fraction of sp³-hybridized carbons (Fsp3) is 0.900. The Bertz CT molecular complexity index is 166. The molecule has 14 heavy (non-hydrogen) atoms. The van der Waals surface area contributed by atoms with Crippen molar-refractivity contribution >= 4 is 29.0 Å². The number of nitrogens with zero attached hydrogens (tertiary/aromatic N) is 1. The van der Waals surface area contributed by atoms with Crippen molar-refractivity contribution in [2.24, 2.45) is 5.73 Å². The van der Waals surface area contributed by atoms with Gasteiger partial charge in [-0.05, 0) is 44.5 Å². The standard InChI is InChI=1S/C10H20N2S2/c11-10(13)4-1-2-5-12-6-3-8-14-9-7-12/h1-9H2,(H2,11,13). The lowest BCUT2D eigenvalue weighted by atomic mass is 10.2. The Morgan fingerprint density at radius 2 is 2.14 bits per heavy atom. The summed E-state index contributed by atoms with van der Waals surface area (Å²) >= 11 is 6.93. The molecule has 1 heterocycles. The zero-order chi connectivity index (χ0) is 10.2. The molecule has 82 valence electrons. The van der Waals surface area contributed by atoms with E-state index < -0.39 is 0 Å². The van der Waals surface area contributed by atoms with Gasteiger partial charge in [-0.2, -0.15) is 11.8 Å². The molecule has 0 atom stereocenters. The molecule has 1 rings (SSSR count). The van der Waals surface area contributed by atoms with Crippen molar-refractivity contribution in [2.45, 2.75) is 25.7 Å². The predicted octanol–water partition coefficient (Wildman–Crippen LogP) is 1.88. The van der Waals surface area contributed by atoms with Crippen LogP contribution in [0.25, 0.3) is 0 Å². The minimum Gasteiger partial charge on any atom is -0.393 e. The second-order valence-corrected chi connectivity index (χ2v) is 5.48. The van der Waals surface area contributed by atoms with E-state index in [0.717, 1.165) is 12.8 Å². The maximum atomic E-state index is 5.45. The number of thioether (sulfide) groups is 1. The third-order valence-electron chi connectivity index (χ3n) is 2.46. The fourth-order valence-corrected chi connectivity index (χ4v) is 2.72. The average molecular weight is 232 g/mol. The Morgan fingerprint density at radius 1 is 1.29 bits per heavy atom. The maximum absolute atomic E-state index is 5.45. The molecule has 4 heteroatoms.